The van der Waals surface area contributed by atoms with Crippen molar-refractivity contribution in [1.82, 2.24) is 20.0 Å². The van der Waals surface area contributed by atoms with Gasteiger partial charge < -0.3 is 10.1 Å². The van der Waals surface area contributed by atoms with Gasteiger partial charge in [-0.25, -0.2) is 0 Å². The van der Waals surface area contributed by atoms with Crippen molar-refractivity contribution in [3.05, 3.63) is 89.2 Å². The van der Waals surface area contributed by atoms with Gasteiger partial charge in [0.05, 0.1) is 18.2 Å². The van der Waals surface area contributed by atoms with Crippen molar-refractivity contribution in [2.24, 2.45) is 0 Å². The van der Waals surface area contributed by atoms with Crippen LogP contribution in [0, 0.1) is 6.92 Å². The second-order valence-corrected chi connectivity index (χ2v) is 9.26. The zero-order valence-electron chi connectivity index (χ0n) is 20.8. The first kappa shape index (κ1) is 25.3. The third-order valence-corrected chi connectivity index (χ3v) is 6.63. The minimum Gasteiger partial charge on any atom is -0.385 e. The summed E-state index contributed by atoms with van der Waals surface area (Å²) in [5, 5.41) is 7.31. The van der Waals surface area contributed by atoms with E-state index < -0.39 is 5.41 Å². The normalized spacial score (nSPS) is 17.6. The molecule has 0 radical (unpaired) electrons. The van der Waals surface area contributed by atoms with Crippen molar-refractivity contribution >= 4 is 17.7 Å². The molecule has 2 aromatic carbocycles. The molecule has 1 fully saturated rings. The van der Waals surface area contributed by atoms with Crippen LogP contribution in [0.1, 0.15) is 41.5 Å². The van der Waals surface area contributed by atoms with Crippen molar-refractivity contribution in [3.8, 4) is 0 Å². The molecular weight excluding hydrogens is 456 g/mol. The van der Waals surface area contributed by atoms with Gasteiger partial charge in [-0.15, -0.1) is 0 Å². The van der Waals surface area contributed by atoms with Crippen LogP contribution in [0.15, 0.2) is 67.0 Å². The minimum absolute atomic E-state index is 0.0217. The maximum Gasteiger partial charge on any atom is 0.240 e. The van der Waals surface area contributed by atoms with Crippen LogP contribution in [-0.4, -0.2) is 52.7 Å². The fourth-order valence-corrected chi connectivity index (χ4v) is 4.84. The van der Waals surface area contributed by atoms with Gasteiger partial charge in [0, 0.05) is 51.4 Å². The molecule has 1 N–H and O–H groups in total. The summed E-state index contributed by atoms with van der Waals surface area (Å²) in [5.74, 6) is -0.855. The van der Waals surface area contributed by atoms with Crippen LogP contribution in [0.2, 0.25) is 0 Å². The third kappa shape index (κ3) is 5.54. The number of ether oxygens (including phenoxy) is 1. The van der Waals surface area contributed by atoms with E-state index >= 15 is 0 Å². The second kappa shape index (κ2) is 11.3. The lowest BCUT2D eigenvalue weighted by Crippen LogP contribution is -2.43. The topological polar surface area (TPSA) is 93.5 Å². The zero-order valence-corrected chi connectivity index (χ0v) is 20.8. The predicted molar refractivity (Wildman–Crippen MR) is 135 cm³/mol. The molecule has 0 unspecified atom stereocenters. The molecule has 8 heteroatoms. The van der Waals surface area contributed by atoms with Gasteiger partial charge in [0.2, 0.25) is 17.7 Å². The number of aromatic nitrogens is 2. The van der Waals surface area contributed by atoms with Gasteiger partial charge in [-0.05, 0) is 30.0 Å². The molecule has 1 aromatic heterocycles. The van der Waals surface area contributed by atoms with Crippen LogP contribution in [0.25, 0.3) is 0 Å². The number of nitrogens with zero attached hydrogens (tertiary/aromatic N) is 3. The quantitative estimate of drug-likeness (QED) is 0.331. The number of amides is 3. The minimum atomic E-state index is -1.21. The number of hydrogen-bond acceptors (Lipinski definition) is 5. The first-order valence-corrected chi connectivity index (χ1v) is 12.1. The highest BCUT2D eigenvalue weighted by Crippen LogP contribution is 2.41. The molecule has 3 amide bonds. The lowest BCUT2D eigenvalue weighted by molar-refractivity contribution is -0.141. The number of carbonyl (C=O) groups is 3. The number of hydrogen-bond donors (Lipinski definition) is 1. The largest absolute Gasteiger partial charge is 0.385 e. The summed E-state index contributed by atoms with van der Waals surface area (Å²) < 4.78 is 6.90. The molecule has 3 aromatic rings. The zero-order chi connectivity index (χ0) is 25.5. The van der Waals surface area contributed by atoms with E-state index in [1.165, 1.54) is 4.90 Å². The molecule has 8 nitrogen and oxygen atoms in total. The summed E-state index contributed by atoms with van der Waals surface area (Å²) in [7, 11) is 1.58. The van der Waals surface area contributed by atoms with Crippen molar-refractivity contribution in [3.63, 3.8) is 0 Å². The molecular formula is C28H32N4O4. The Hall–Kier alpha value is -3.78. The highest BCUT2D eigenvalue weighted by atomic mass is 16.5. The van der Waals surface area contributed by atoms with Crippen LogP contribution in [0.3, 0.4) is 0 Å². The number of aryl methyl sites for hydroxylation is 1. The highest BCUT2D eigenvalue weighted by Gasteiger charge is 2.53. The first-order chi connectivity index (χ1) is 17.4. The molecule has 0 spiro atoms. The number of benzene rings is 2. The van der Waals surface area contributed by atoms with E-state index in [2.05, 4.69) is 10.4 Å². The molecule has 1 aliphatic heterocycles. The number of likely N-dealkylation sites (tertiary alicyclic amines) is 1. The van der Waals surface area contributed by atoms with Crippen molar-refractivity contribution in [1.29, 1.82) is 0 Å². The van der Waals surface area contributed by atoms with Gasteiger partial charge >= 0.3 is 0 Å². The summed E-state index contributed by atoms with van der Waals surface area (Å²) in [5.41, 5.74) is 2.39. The Morgan fingerprint density at radius 1 is 1.08 bits per heavy atom. The maximum absolute atomic E-state index is 13.6. The van der Waals surface area contributed by atoms with E-state index in [4.69, 9.17) is 4.74 Å². The lowest BCUT2D eigenvalue weighted by atomic mass is 9.74. The van der Waals surface area contributed by atoms with Crippen molar-refractivity contribution in [2.45, 2.75) is 44.7 Å². The maximum atomic E-state index is 13.6. The average Bonchev–Trinajstić information content (AvgIpc) is 3.41. The molecule has 1 aliphatic rings. The Bertz CT molecular complexity index is 1220. The Kier molecular flexibility index (Phi) is 7.95. The van der Waals surface area contributed by atoms with Gasteiger partial charge in [-0.2, -0.15) is 5.10 Å². The number of carbonyl (C=O) groups excluding carboxylic acids is 3. The number of methoxy groups -OCH3 is 1. The summed E-state index contributed by atoms with van der Waals surface area (Å²) in [6, 6.07) is 17.5. The standard InChI is InChI=1S/C28H32N4O4/c1-21-9-6-7-12-24(21)28(16-26(34)32(27(28)35)13-8-14-36-2)15-25(33)29-17-23-18-30-31(20-23)19-22-10-4-3-5-11-22/h3-7,9-12,18,20H,8,13-17,19H2,1-2H3,(H,29,33)/t28-/m0/s1. The number of nitrogens with one attached hydrogen (secondary N) is 1. The third-order valence-electron chi connectivity index (χ3n) is 6.63. The average molecular weight is 489 g/mol. The fraction of sp³-hybridized carbons (Fsp3) is 0.357. The molecule has 2 heterocycles. The van der Waals surface area contributed by atoms with Crippen LogP contribution in [0.5, 0.6) is 0 Å². The molecule has 0 aliphatic carbocycles. The van der Waals surface area contributed by atoms with Gasteiger partial charge in [0.25, 0.3) is 0 Å². The fourth-order valence-electron chi connectivity index (χ4n) is 4.84. The monoisotopic (exact) mass is 488 g/mol. The Balaban J connectivity index is 1.47. The highest BCUT2D eigenvalue weighted by molar-refractivity contribution is 6.10. The van der Waals surface area contributed by atoms with E-state index in [-0.39, 0.29) is 43.7 Å². The Labute approximate surface area is 211 Å². The van der Waals surface area contributed by atoms with Crippen LogP contribution in [0.4, 0.5) is 0 Å². The molecule has 36 heavy (non-hydrogen) atoms. The summed E-state index contributed by atoms with van der Waals surface area (Å²) in [4.78, 5) is 41.0. The molecule has 4 rings (SSSR count). The summed E-state index contributed by atoms with van der Waals surface area (Å²) in [6.45, 7) is 3.56. The SMILES string of the molecule is COCCCN1C(=O)C[C@@](CC(=O)NCc2cnn(Cc3ccccc3)c2)(c2ccccc2C)C1=O. The van der Waals surface area contributed by atoms with Gasteiger partial charge in [0.1, 0.15) is 0 Å². The van der Waals surface area contributed by atoms with Crippen molar-refractivity contribution in [2.75, 3.05) is 20.3 Å². The van der Waals surface area contributed by atoms with E-state index in [1.807, 2.05) is 72.4 Å². The molecule has 188 valence electrons. The Morgan fingerprint density at radius 2 is 1.83 bits per heavy atom. The lowest BCUT2D eigenvalue weighted by Gasteiger charge is -2.28. The summed E-state index contributed by atoms with van der Waals surface area (Å²) in [6.07, 6.45) is 4.05. The van der Waals surface area contributed by atoms with Crippen LogP contribution < -0.4 is 5.32 Å². The Morgan fingerprint density at radius 3 is 2.58 bits per heavy atom. The van der Waals surface area contributed by atoms with Gasteiger partial charge in [-0.1, -0.05) is 54.6 Å². The smallest absolute Gasteiger partial charge is 0.240 e. The van der Waals surface area contributed by atoms with E-state index in [9.17, 15) is 14.4 Å². The molecule has 1 atom stereocenters. The van der Waals surface area contributed by atoms with E-state index in [0.29, 0.717) is 19.6 Å². The van der Waals surface area contributed by atoms with Gasteiger partial charge in [0.15, 0.2) is 0 Å². The van der Waals surface area contributed by atoms with Gasteiger partial charge in [-0.3, -0.25) is 24.0 Å². The van der Waals surface area contributed by atoms with Crippen molar-refractivity contribution < 1.29 is 19.1 Å². The van der Waals surface area contributed by atoms with Crippen LogP contribution >= 0.6 is 0 Å². The van der Waals surface area contributed by atoms with E-state index in [1.54, 1.807) is 13.3 Å². The molecule has 1 saturated heterocycles. The first-order valence-electron chi connectivity index (χ1n) is 12.1. The van der Waals surface area contributed by atoms with E-state index in [0.717, 1.165) is 22.3 Å². The predicted octanol–water partition coefficient (Wildman–Crippen LogP) is 2.98. The summed E-state index contributed by atoms with van der Waals surface area (Å²) >= 11 is 0. The second-order valence-electron chi connectivity index (χ2n) is 9.26. The molecule has 0 saturated carbocycles. The number of rotatable bonds is 11. The molecule has 0 bridgehead atoms. The van der Waals surface area contributed by atoms with Crippen LogP contribution in [-0.2, 0) is 37.6 Å². The number of imide groups is 1.